The lowest BCUT2D eigenvalue weighted by Gasteiger charge is -2.18. The predicted octanol–water partition coefficient (Wildman–Crippen LogP) is 6.82. The zero-order valence-corrected chi connectivity index (χ0v) is 24.4. The van der Waals surface area contributed by atoms with Crippen molar-refractivity contribution in [2.24, 2.45) is 5.92 Å². The van der Waals surface area contributed by atoms with Gasteiger partial charge in [0.1, 0.15) is 11.5 Å². The molecular formula is C31H33BrN2O5. The van der Waals surface area contributed by atoms with E-state index in [1.54, 1.807) is 17.0 Å². The summed E-state index contributed by atoms with van der Waals surface area (Å²) in [5, 5.41) is 2.75. The summed E-state index contributed by atoms with van der Waals surface area (Å²) in [4.78, 5) is 39.2. The number of rotatable bonds is 8. The number of nitrogens with zero attached hydrogens (tertiary/aromatic N) is 1. The van der Waals surface area contributed by atoms with Crippen molar-refractivity contribution in [1.29, 1.82) is 0 Å². The highest BCUT2D eigenvalue weighted by atomic mass is 79.9. The van der Waals surface area contributed by atoms with Gasteiger partial charge in [-0.3, -0.25) is 14.4 Å². The quantitative estimate of drug-likeness (QED) is 0.290. The molecule has 1 saturated heterocycles. The molecule has 8 heteroatoms. The van der Waals surface area contributed by atoms with Gasteiger partial charge in [-0.2, -0.15) is 0 Å². The molecule has 1 atom stereocenters. The van der Waals surface area contributed by atoms with E-state index in [0.29, 0.717) is 23.0 Å². The summed E-state index contributed by atoms with van der Waals surface area (Å²) >= 11 is 3.50. The third-order valence-electron chi connectivity index (χ3n) is 6.69. The minimum absolute atomic E-state index is 0.0326. The fourth-order valence-corrected chi connectivity index (χ4v) is 4.84. The average molecular weight is 594 g/mol. The monoisotopic (exact) mass is 592 g/mol. The lowest BCUT2D eigenvalue weighted by Crippen LogP contribution is -2.28. The van der Waals surface area contributed by atoms with E-state index >= 15 is 0 Å². The predicted molar refractivity (Wildman–Crippen MR) is 155 cm³/mol. The Kier molecular flexibility index (Phi) is 8.75. The number of aryl methyl sites for hydroxylation is 3. The molecule has 1 fully saturated rings. The van der Waals surface area contributed by atoms with Gasteiger partial charge in [-0.05, 0) is 91.4 Å². The molecule has 1 heterocycles. The van der Waals surface area contributed by atoms with Crippen molar-refractivity contribution in [2.45, 2.75) is 47.0 Å². The fourth-order valence-electron chi connectivity index (χ4n) is 4.61. The lowest BCUT2D eigenvalue weighted by molar-refractivity contribution is -0.151. The van der Waals surface area contributed by atoms with Gasteiger partial charge in [0.15, 0.2) is 6.61 Å². The number of hydrogen-bond donors (Lipinski definition) is 1. The molecule has 0 bridgehead atoms. The van der Waals surface area contributed by atoms with E-state index < -0.39 is 24.4 Å². The van der Waals surface area contributed by atoms with E-state index in [-0.39, 0.29) is 18.9 Å². The van der Waals surface area contributed by atoms with Crippen LogP contribution in [0, 0.1) is 26.7 Å². The first kappa shape index (κ1) is 28.4. The molecule has 1 aliphatic rings. The molecule has 2 amide bonds. The van der Waals surface area contributed by atoms with E-state index in [1.807, 2.05) is 51.1 Å². The first-order valence-corrected chi connectivity index (χ1v) is 13.7. The van der Waals surface area contributed by atoms with Crippen molar-refractivity contribution in [2.75, 3.05) is 23.4 Å². The second-order valence-corrected chi connectivity index (χ2v) is 11.1. The average Bonchev–Trinajstić information content (AvgIpc) is 3.27. The first-order valence-electron chi connectivity index (χ1n) is 12.9. The molecule has 4 rings (SSSR count). The summed E-state index contributed by atoms with van der Waals surface area (Å²) in [5.74, 6) is -0.0153. The summed E-state index contributed by atoms with van der Waals surface area (Å²) in [7, 11) is 0. The molecular weight excluding hydrogens is 560 g/mol. The van der Waals surface area contributed by atoms with E-state index in [2.05, 4.69) is 47.2 Å². The highest BCUT2D eigenvalue weighted by molar-refractivity contribution is 9.10. The number of anilines is 2. The molecule has 0 saturated carbocycles. The molecule has 7 nitrogen and oxygen atoms in total. The van der Waals surface area contributed by atoms with Crippen LogP contribution in [0.3, 0.4) is 0 Å². The van der Waals surface area contributed by atoms with Crippen LogP contribution in [-0.2, 0) is 19.1 Å². The Balaban J connectivity index is 1.33. The Labute approximate surface area is 237 Å². The minimum Gasteiger partial charge on any atom is -0.457 e. The number of hydrogen-bond acceptors (Lipinski definition) is 5. The van der Waals surface area contributed by atoms with Crippen LogP contribution >= 0.6 is 15.9 Å². The summed E-state index contributed by atoms with van der Waals surface area (Å²) in [6.07, 6.45) is 0.0326. The third-order valence-corrected chi connectivity index (χ3v) is 7.94. The van der Waals surface area contributed by atoms with Crippen LogP contribution in [0.15, 0.2) is 59.1 Å². The zero-order valence-electron chi connectivity index (χ0n) is 22.8. The molecule has 0 spiro atoms. The number of halogens is 1. The van der Waals surface area contributed by atoms with Gasteiger partial charge in [-0.15, -0.1) is 0 Å². The third kappa shape index (κ3) is 6.87. The standard InChI is InChI=1S/C31H33BrN2O5/c1-18(2)26-11-6-19(3)12-27(26)39-25-9-7-24(8-10-25)34-16-22(15-29(34)36)31(37)38-17-28(35)33-23-13-20(4)30(32)21(5)14-23/h6-14,18,22H,15-17H2,1-5H3,(H,33,35)/t22-/m0/s1. The maximum atomic E-state index is 12.7. The maximum absolute atomic E-state index is 12.7. The molecule has 39 heavy (non-hydrogen) atoms. The van der Waals surface area contributed by atoms with Crippen LogP contribution in [0.5, 0.6) is 11.5 Å². The number of nitrogens with one attached hydrogen (secondary N) is 1. The highest BCUT2D eigenvalue weighted by Gasteiger charge is 2.36. The Morgan fingerprint density at radius 1 is 1.03 bits per heavy atom. The normalized spacial score (nSPS) is 15.0. The summed E-state index contributed by atoms with van der Waals surface area (Å²) in [6.45, 7) is 9.92. The molecule has 3 aromatic rings. The molecule has 1 aliphatic heterocycles. The fraction of sp³-hybridized carbons (Fsp3) is 0.323. The van der Waals surface area contributed by atoms with Crippen LogP contribution in [0.25, 0.3) is 0 Å². The van der Waals surface area contributed by atoms with Gasteiger partial charge < -0.3 is 19.7 Å². The minimum atomic E-state index is -0.640. The summed E-state index contributed by atoms with van der Waals surface area (Å²) in [6, 6.07) is 17.1. The smallest absolute Gasteiger partial charge is 0.311 e. The topological polar surface area (TPSA) is 84.9 Å². The van der Waals surface area contributed by atoms with Gasteiger partial charge >= 0.3 is 5.97 Å². The van der Waals surface area contributed by atoms with Crippen molar-refractivity contribution in [3.05, 3.63) is 81.3 Å². The van der Waals surface area contributed by atoms with Crippen LogP contribution in [0.1, 0.15) is 48.4 Å². The van der Waals surface area contributed by atoms with E-state index in [0.717, 1.165) is 32.5 Å². The SMILES string of the molecule is Cc1ccc(C(C)C)c(Oc2ccc(N3C[C@@H](C(=O)OCC(=O)Nc4cc(C)c(Br)c(C)c4)CC3=O)cc2)c1. The van der Waals surface area contributed by atoms with Gasteiger partial charge in [-0.25, -0.2) is 0 Å². The van der Waals surface area contributed by atoms with Gasteiger partial charge in [0, 0.05) is 28.8 Å². The second-order valence-electron chi connectivity index (χ2n) is 10.3. The summed E-state index contributed by atoms with van der Waals surface area (Å²) in [5.41, 5.74) is 5.52. The van der Waals surface area contributed by atoms with Crippen LogP contribution < -0.4 is 15.0 Å². The van der Waals surface area contributed by atoms with Gasteiger partial charge in [0.05, 0.1) is 5.92 Å². The molecule has 204 valence electrons. The lowest BCUT2D eigenvalue weighted by atomic mass is 10.0. The molecule has 0 aromatic heterocycles. The highest BCUT2D eigenvalue weighted by Crippen LogP contribution is 2.33. The van der Waals surface area contributed by atoms with Crippen molar-refractivity contribution in [3.63, 3.8) is 0 Å². The maximum Gasteiger partial charge on any atom is 0.311 e. The zero-order chi connectivity index (χ0) is 28.3. The Bertz CT molecular complexity index is 1380. The van der Waals surface area contributed by atoms with E-state index in [9.17, 15) is 14.4 Å². The number of esters is 1. The molecule has 0 unspecified atom stereocenters. The Hall–Kier alpha value is -3.65. The largest absolute Gasteiger partial charge is 0.457 e. The molecule has 0 aliphatic carbocycles. The van der Waals surface area contributed by atoms with Crippen LogP contribution in [-0.4, -0.2) is 30.9 Å². The van der Waals surface area contributed by atoms with Crippen LogP contribution in [0.2, 0.25) is 0 Å². The number of ether oxygens (including phenoxy) is 2. The van der Waals surface area contributed by atoms with Crippen molar-refractivity contribution < 1.29 is 23.9 Å². The number of carbonyl (C=O) groups is 3. The van der Waals surface area contributed by atoms with Crippen molar-refractivity contribution >= 4 is 45.1 Å². The van der Waals surface area contributed by atoms with Crippen LogP contribution in [0.4, 0.5) is 11.4 Å². The number of benzene rings is 3. The number of carbonyl (C=O) groups excluding carboxylic acids is 3. The first-order chi connectivity index (χ1) is 18.5. The van der Waals surface area contributed by atoms with E-state index in [4.69, 9.17) is 9.47 Å². The van der Waals surface area contributed by atoms with Crippen molar-refractivity contribution in [1.82, 2.24) is 0 Å². The molecule has 1 N–H and O–H groups in total. The number of amides is 2. The molecule has 3 aromatic carbocycles. The van der Waals surface area contributed by atoms with Gasteiger partial charge in [0.2, 0.25) is 5.91 Å². The van der Waals surface area contributed by atoms with Gasteiger partial charge in [0.25, 0.3) is 5.91 Å². The Morgan fingerprint density at radius 3 is 2.33 bits per heavy atom. The van der Waals surface area contributed by atoms with Crippen molar-refractivity contribution in [3.8, 4) is 11.5 Å². The van der Waals surface area contributed by atoms with Gasteiger partial charge in [-0.1, -0.05) is 41.9 Å². The Morgan fingerprint density at radius 2 is 1.69 bits per heavy atom. The van der Waals surface area contributed by atoms with E-state index in [1.165, 1.54) is 0 Å². The second kappa shape index (κ2) is 12.0. The molecule has 0 radical (unpaired) electrons. The summed E-state index contributed by atoms with van der Waals surface area (Å²) < 4.78 is 12.4.